The Kier molecular flexibility index (Phi) is 3.93. The van der Waals surface area contributed by atoms with Crippen LogP contribution >= 0.6 is 0 Å². The van der Waals surface area contributed by atoms with Crippen LogP contribution < -0.4 is 5.32 Å². The topological polar surface area (TPSA) is 64.1 Å². The first-order chi connectivity index (χ1) is 8.29. The summed E-state index contributed by atoms with van der Waals surface area (Å²) in [6.45, 7) is 4.73. The van der Waals surface area contributed by atoms with Gasteiger partial charge in [0.05, 0.1) is 12.3 Å². The first kappa shape index (κ1) is 11.9. The standard InChI is InChI=1S/C12H17N3O2/c1-3-10(11-5-4-8-16-11)13-7-6-12-14-9(2)15-17-12/h4-5,8,10,13H,3,6-7H2,1-2H3. The van der Waals surface area contributed by atoms with Gasteiger partial charge in [-0.3, -0.25) is 0 Å². The fourth-order valence-corrected chi connectivity index (χ4v) is 1.73. The summed E-state index contributed by atoms with van der Waals surface area (Å²) < 4.78 is 10.4. The fourth-order valence-electron chi connectivity index (χ4n) is 1.73. The molecule has 0 aliphatic carbocycles. The van der Waals surface area contributed by atoms with Gasteiger partial charge in [0, 0.05) is 13.0 Å². The second-order valence-electron chi connectivity index (χ2n) is 3.92. The first-order valence-corrected chi connectivity index (χ1v) is 5.85. The summed E-state index contributed by atoms with van der Waals surface area (Å²) in [6.07, 6.45) is 3.41. The Morgan fingerprint density at radius 2 is 2.35 bits per heavy atom. The van der Waals surface area contributed by atoms with E-state index in [9.17, 15) is 0 Å². The molecule has 2 rings (SSSR count). The van der Waals surface area contributed by atoms with Crippen molar-refractivity contribution < 1.29 is 8.94 Å². The molecule has 17 heavy (non-hydrogen) atoms. The Morgan fingerprint density at radius 1 is 1.47 bits per heavy atom. The van der Waals surface area contributed by atoms with Gasteiger partial charge in [-0.2, -0.15) is 4.98 Å². The summed E-state index contributed by atoms with van der Waals surface area (Å²) in [5.41, 5.74) is 0. The second-order valence-corrected chi connectivity index (χ2v) is 3.92. The van der Waals surface area contributed by atoms with Crippen molar-refractivity contribution in [3.8, 4) is 0 Å². The molecule has 1 unspecified atom stereocenters. The van der Waals surface area contributed by atoms with Gasteiger partial charge in [-0.05, 0) is 25.5 Å². The summed E-state index contributed by atoms with van der Waals surface area (Å²) in [7, 11) is 0. The first-order valence-electron chi connectivity index (χ1n) is 5.85. The van der Waals surface area contributed by atoms with Crippen molar-refractivity contribution >= 4 is 0 Å². The van der Waals surface area contributed by atoms with Crippen molar-refractivity contribution in [1.82, 2.24) is 15.5 Å². The molecule has 2 aromatic rings. The lowest BCUT2D eigenvalue weighted by atomic mass is 10.1. The molecule has 92 valence electrons. The van der Waals surface area contributed by atoms with Crippen molar-refractivity contribution in [2.75, 3.05) is 6.54 Å². The zero-order chi connectivity index (χ0) is 12.1. The van der Waals surface area contributed by atoms with E-state index >= 15 is 0 Å². The van der Waals surface area contributed by atoms with E-state index in [1.165, 1.54) is 0 Å². The van der Waals surface area contributed by atoms with E-state index in [1.807, 2.05) is 19.1 Å². The third-order valence-electron chi connectivity index (χ3n) is 2.59. The number of rotatable bonds is 6. The molecular weight excluding hydrogens is 218 g/mol. The van der Waals surface area contributed by atoms with Crippen LogP contribution in [0.5, 0.6) is 0 Å². The summed E-state index contributed by atoms with van der Waals surface area (Å²) in [4.78, 5) is 4.15. The van der Waals surface area contributed by atoms with Crippen LogP contribution in [0.15, 0.2) is 27.3 Å². The Labute approximate surface area is 100 Å². The van der Waals surface area contributed by atoms with Gasteiger partial charge in [0.1, 0.15) is 5.76 Å². The molecule has 0 bridgehead atoms. The van der Waals surface area contributed by atoms with Gasteiger partial charge in [0.15, 0.2) is 5.82 Å². The molecule has 5 heteroatoms. The molecule has 0 aliphatic rings. The van der Waals surface area contributed by atoms with Crippen molar-refractivity contribution in [3.63, 3.8) is 0 Å². The quantitative estimate of drug-likeness (QED) is 0.832. The molecule has 1 atom stereocenters. The lowest BCUT2D eigenvalue weighted by Gasteiger charge is -2.13. The number of hydrogen-bond acceptors (Lipinski definition) is 5. The highest BCUT2D eigenvalue weighted by atomic mass is 16.5. The van der Waals surface area contributed by atoms with E-state index in [0.717, 1.165) is 25.1 Å². The van der Waals surface area contributed by atoms with Crippen LogP contribution in [0.1, 0.15) is 36.9 Å². The smallest absolute Gasteiger partial charge is 0.227 e. The van der Waals surface area contributed by atoms with Crippen LogP contribution in [0.2, 0.25) is 0 Å². The Balaban J connectivity index is 1.81. The van der Waals surface area contributed by atoms with Crippen LogP contribution in [0.3, 0.4) is 0 Å². The minimum absolute atomic E-state index is 0.244. The molecule has 0 aromatic carbocycles. The van der Waals surface area contributed by atoms with Crippen molar-refractivity contribution in [2.45, 2.75) is 32.7 Å². The zero-order valence-electron chi connectivity index (χ0n) is 10.1. The largest absolute Gasteiger partial charge is 0.468 e. The maximum atomic E-state index is 5.38. The predicted octanol–water partition coefficient (Wildman–Crippen LogP) is 2.25. The summed E-state index contributed by atoms with van der Waals surface area (Å²) in [5.74, 6) is 2.32. The molecule has 0 saturated heterocycles. The van der Waals surface area contributed by atoms with E-state index in [4.69, 9.17) is 8.94 Å². The lowest BCUT2D eigenvalue weighted by molar-refractivity contribution is 0.360. The summed E-state index contributed by atoms with van der Waals surface area (Å²) in [5, 5.41) is 7.16. The minimum Gasteiger partial charge on any atom is -0.468 e. The average Bonchev–Trinajstić information content (AvgIpc) is 2.96. The van der Waals surface area contributed by atoms with E-state index in [2.05, 4.69) is 22.4 Å². The van der Waals surface area contributed by atoms with E-state index in [0.29, 0.717) is 11.7 Å². The molecule has 0 radical (unpaired) electrons. The maximum Gasteiger partial charge on any atom is 0.227 e. The van der Waals surface area contributed by atoms with Gasteiger partial charge in [0.2, 0.25) is 5.89 Å². The third-order valence-corrected chi connectivity index (χ3v) is 2.59. The molecule has 2 heterocycles. The van der Waals surface area contributed by atoms with Gasteiger partial charge in [0.25, 0.3) is 0 Å². The Hall–Kier alpha value is -1.62. The van der Waals surface area contributed by atoms with Crippen molar-refractivity contribution in [3.05, 3.63) is 35.9 Å². The molecular formula is C12H17N3O2. The molecule has 0 fully saturated rings. The molecule has 2 aromatic heterocycles. The average molecular weight is 235 g/mol. The number of aryl methyl sites for hydroxylation is 1. The third kappa shape index (κ3) is 3.17. The highest BCUT2D eigenvalue weighted by molar-refractivity contribution is 5.04. The number of nitrogens with one attached hydrogen (secondary N) is 1. The molecule has 5 nitrogen and oxygen atoms in total. The summed E-state index contributed by atoms with van der Waals surface area (Å²) in [6, 6.07) is 4.13. The van der Waals surface area contributed by atoms with Crippen molar-refractivity contribution in [1.29, 1.82) is 0 Å². The molecule has 0 saturated carbocycles. The van der Waals surface area contributed by atoms with E-state index < -0.39 is 0 Å². The van der Waals surface area contributed by atoms with Crippen LogP contribution in [0.4, 0.5) is 0 Å². The molecule has 0 aliphatic heterocycles. The molecule has 1 N–H and O–H groups in total. The highest BCUT2D eigenvalue weighted by Gasteiger charge is 2.11. The lowest BCUT2D eigenvalue weighted by Crippen LogP contribution is -2.22. The second kappa shape index (κ2) is 5.63. The van der Waals surface area contributed by atoms with E-state index in [1.54, 1.807) is 6.26 Å². The highest BCUT2D eigenvalue weighted by Crippen LogP contribution is 2.16. The number of aromatic nitrogens is 2. The fraction of sp³-hybridized carbons (Fsp3) is 0.500. The monoisotopic (exact) mass is 235 g/mol. The van der Waals surface area contributed by atoms with Gasteiger partial charge in [-0.15, -0.1) is 0 Å². The van der Waals surface area contributed by atoms with Gasteiger partial charge < -0.3 is 14.3 Å². The van der Waals surface area contributed by atoms with Gasteiger partial charge in [-0.1, -0.05) is 12.1 Å². The van der Waals surface area contributed by atoms with Crippen molar-refractivity contribution in [2.24, 2.45) is 0 Å². The summed E-state index contributed by atoms with van der Waals surface area (Å²) >= 11 is 0. The number of hydrogen-bond donors (Lipinski definition) is 1. The Bertz CT molecular complexity index is 436. The van der Waals surface area contributed by atoms with Crippen LogP contribution in [-0.4, -0.2) is 16.7 Å². The molecule has 0 spiro atoms. The number of furan rings is 1. The van der Waals surface area contributed by atoms with Crippen LogP contribution in [0.25, 0.3) is 0 Å². The maximum absolute atomic E-state index is 5.38. The normalized spacial score (nSPS) is 12.8. The van der Waals surface area contributed by atoms with E-state index in [-0.39, 0.29) is 6.04 Å². The zero-order valence-corrected chi connectivity index (χ0v) is 10.1. The van der Waals surface area contributed by atoms with Crippen LogP contribution in [0, 0.1) is 6.92 Å². The minimum atomic E-state index is 0.244. The SMILES string of the molecule is CCC(NCCc1nc(C)no1)c1ccco1. The number of nitrogens with zero attached hydrogens (tertiary/aromatic N) is 2. The Morgan fingerprint density at radius 3 is 2.94 bits per heavy atom. The van der Waals surface area contributed by atoms with Gasteiger partial charge >= 0.3 is 0 Å². The van der Waals surface area contributed by atoms with Crippen LogP contribution in [-0.2, 0) is 6.42 Å². The van der Waals surface area contributed by atoms with Gasteiger partial charge in [-0.25, -0.2) is 0 Å². The predicted molar refractivity (Wildman–Crippen MR) is 62.5 cm³/mol. The molecule has 0 amide bonds.